The van der Waals surface area contributed by atoms with E-state index >= 15 is 0 Å². The average Bonchev–Trinajstić information content (AvgIpc) is 2.79. The van der Waals surface area contributed by atoms with Crippen LogP contribution in [0.1, 0.15) is 41.8 Å². The van der Waals surface area contributed by atoms with Gasteiger partial charge in [0.1, 0.15) is 18.2 Å². The normalized spacial score (nSPS) is 11.7. The van der Waals surface area contributed by atoms with E-state index in [0.29, 0.717) is 13.0 Å². The number of nitrogens with zero attached hydrogens (tertiary/aromatic N) is 1. The lowest BCUT2D eigenvalue weighted by atomic mass is 10.0. The molecule has 0 spiro atoms. The van der Waals surface area contributed by atoms with Crippen molar-refractivity contribution in [3.63, 3.8) is 0 Å². The lowest BCUT2D eigenvalue weighted by molar-refractivity contribution is -0.147. The minimum absolute atomic E-state index is 0.00644. The number of nitrogens with one attached hydrogen (secondary N) is 1. The third kappa shape index (κ3) is 6.41. The summed E-state index contributed by atoms with van der Waals surface area (Å²) in [7, 11) is 0. The lowest BCUT2D eigenvalue weighted by Crippen LogP contribution is -2.44. The SMILES string of the molecule is CC(C)C[C@H](NC(=O)c1cccn(Cc2ccccc2)c1=O)C(=O)OCc1ccccc1. The van der Waals surface area contributed by atoms with Crippen molar-refractivity contribution in [3.8, 4) is 0 Å². The van der Waals surface area contributed by atoms with Crippen LogP contribution in [0.3, 0.4) is 0 Å². The Kier molecular flexibility index (Phi) is 7.97. The Balaban J connectivity index is 1.72. The maximum atomic E-state index is 12.9. The molecule has 0 aliphatic carbocycles. The molecular weight excluding hydrogens is 404 g/mol. The van der Waals surface area contributed by atoms with Gasteiger partial charge in [-0.1, -0.05) is 74.5 Å². The van der Waals surface area contributed by atoms with Gasteiger partial charge >= 0.3 is 5.97 Å². The van der Waals surface area contributed by atoms with E-state index in [4.69, 9.17) is 4.74 Å². The second-order valence-electron chi connectivity index (χ2n) is 8.09. The second kappa shape index (κ2) is 11.1. The summed E-state index contributed by atoms with van der Waals surface area (Å²) >= 11 is 0. The summed E-state index contributed by atoms with van der Waals surface area (Å²) in [6.45, 7) is 4.40. The van der Waals surface area contributed by atoms with Gasteiger partial charge in [-0.05, 0) is 35.6 Å². The summed E-state index contributed by atoms with van der Waals surface area (Å²) in [5, 5.41) is 2.71. The largest absolute Gasteiger partial charge is 0.459 e. The number of hydrogen-bond donors (Lipinski definition) is 1. The number of rotatable bonds is 9. The Hall–Kier alpha value is -3.67. The zero-order chi connectivity index (χ0) is 22.9. The number of carbonyl (C=O) groups is 2. The van der Waals surface area contributed by atoms with Crippen LogP contribution >= 0.6 is 0 Å². The van der Waals surface area contributed by atoms with Gasteiger partial charge in [-0.2, -0.15) is 0 Å². The molecule has 0 unspecified atom stereocenters. The monoisotopic (exact) mass is 432 g/mol. The van der Waals surface area contributed by atoms with E-state index in [2.05, 4.69) is 5.32 Å². The first-order chi connectivity index (χ1) is 15.4. The number of ether oxygens (including phenoxy) is 1. The quantitative estimate of drug-likeness (QED) is 0.522. The maximum absolute atomic E-state index is 12.9. The Morgan fingerprint density at radius 1 is 0.906 bits per heavy atom. The number of carbonyl (C=O) groups excluding carboxylic acids is 2. The van der Waals surface area contributed by atoms with E-state index in [1.165, 1.54) is 10.6 Å². The molecule has 0 radical (unpaired) electrons. The molecule has 32 heavy (non-hydrogen) atoms. The molecule has 0 bridgehead atoms. The highest BCUT2D eigenvalue weighted by Gasteiger charge is 2.25. The molecule has 1 atom stereocenters. The molecule has 6 nitrogen and oxygen atoms in total. The molecule has 0 fully saturated rings. The van der Waals surface area contributed by atoms with E-state index in [0.717, 1.165) is 11.1 Å². The van der Waals surface area contributed by atoms with Gasteiger partial charge < -0.3 is 14.6 Å². The van der Waals surface area contributed by atoms with Crippen LogP contribution in [0.4, 0.5) is 0 Å². The standard InChI is InChI=1S/C26H28N2O4/c1-19(2)16-23(26(31)32-18-21-12-7-4-8-13-21)27-24(29)22-14-9-15-28(25(22)30)17-20-10-5-3-6-11-20/h3-15,19,23H,16-18H2,1-2H3,(H,27,29)/t23-/m0/s1. The predicted molar refractivity (Wildman–Crippen MR) is 123 cm³/mol. The molecule has 166 valence electrons. The number of aromatic nitrogens is 1. The number of esters is 1. The summed E-state index contributed by atoms with van der Waals surface area (Å²) in [6.07, 6.45) is 2.05. The molecule has 2 aromatic carbocycles. The van der Waals surface area contributed by atoms with E-state index in [-0.39, 0.29) is 18.1 Å². The van der Waals surface area contributed by atoms with Crippen LogP contribution in [0.15, 0.2) is 83.8 Å². The van der Waals surface area contributed by atoms with Gasteiger partial charge in [0.05, 0.1) is 6.54 Å². The fourth-order valence-corrected chi connectivity index (χ4v) is 3.37. The van der Waals surface area contributed by atoms with Crippen molar-refractivity contribution in [3.05, 3.63) is 106 Å². The molecule has 1 aromatic heterocycles. The topological polar surface area (TPSA) is 77.4 Å². The zero-order valence-electron chi connectivity index (χ0n) is 18.4. The van der Waals surface area contributed by atoms with Crippen molar-refractivity contribution < 1.29 is 14.3 Å². The Bertz CT molecular complexity index is 1090. The van der Waals surface area contributed by atoms with Crippen molar-refractivity contribution >= 4 is 11.9 Å². The summed E-state index contributed by atoms with van der Waals surface area (Å²) in [4.78, 5) is 38.5. The number of amides is 1. The van der Waals surface area contributed by atoms with Crippen LogP contribution in [0.5, 0.6) is 0 Å². The molecule has 3 rings (SSSR count). The highest BCUT2D eigenvalue weighted by atomic mass is 16.5. The van der Waals surface area contributed by atoms with Crippen molar-refractivity contribution in [1.29, 1.82) is 0 Å². The van der Waals surface area contributed by atoms with Gasteiger partial charge in [-0.3, -0.25) is 9.59 Å². The zero-order valence-corrected chi connectivity index (χ0v) is 18.4. The van der Waals surface area contributed by atoms with E-state index in [1.807, 2.05) is 74.5 Å². The molecular formula is C26H28N2O4. The molecule has 0 saturated carbocycles. The summed E-state index contributed by atoms with van der Waals surface area (Å²) in [5.41, 5.74) is 1.40. The van der Waals surface area contributed by atoms with Gasteiger partial charge in [0, 0.05) is 6.20 Å². The first kappa shape index (κ1) is 23.0. The van der Waals surface area contributed by atoms with Crippen molar-refractivity contribution in [2.24, 2.45) is 5.92 Å². The van der Waals surface area contributed by atoms with E-state index in [1.54, 1.807) is 12.3 Å². The van der Waals surface area contributed by atoms with Crippen molar-refractivity contribution in [1.82, 2.24) is 9.88 Å². The number of benzene rings is 2. The minimum atomic E-state index is -0.839. The Morgan fingerprint density at radius 3 is 2.16 bits per heavy atom. The third-order valence-electron chi connectivity index (χ3n) is 4.98. The fourth-order valence-electron chi connectivity index (χ4n) is 3.37. The Morgan fingerprint density at radius 2 is 1.53 bits per heavy atom. The van der Waals surface area contributed by atoms with Gasteiger partial charge in [-0.15, -0.1) is 0 Å². The van der Waals surface area contributed by atoms with Gasteiger partial charge in [0.15, 0.2) is 0 Å². The molecule has 0 saturated heterocycles. The van der Waals surface area contributed by atoms with Crippen LogP contribution in [0.2, 0.25) is 0 Å². The van der Waals surface area contributed by atoms with Crippen LogP contribution in [-0.4, -0.2) is 22.5 Å². The smallest absolute Gasteiger partial charge is 0.328 e. The van der Waals surface area contributed by atoms with Gasteiger partial charge in [0.2, 0.25) is 0 Å². The summed E-state index contributed by atoms with van der Waals surface area (Å²) in [5.74, 6) is -0.953. The number of pyridine rings is 1. The molecule has 3 aromatic rings. The van der Waals surface area contributed by atoms with E-state index in [9.17, 15) is 14.4 Å². The lowest BCUT2D eigenvalue weighted by Gasteiger charge is -2.19. The van der Waals surface area contributed by atoms with Gasteiger partial charge in [-0.25, -0.2) is 4.79 Å². The molecule has 1 N–H and O–H groups in total. The third-order valence-corrected chi connectivity index (χ3v) is 4.98. The molecule has 1 amide bonds. The van der Waals surface area contributed by atoms with E-state index < -0.39 is 23.5 Å². The highest BCUT2D eigenvalue weighted by molar-refractivity contribution is 5.96. The van der Waals surface area contributed by atoms with Crippen LogP contribution in [-0.2, 0) is 22.7 Å². The molecule has 6 heteroatoms. The van der Waals surface area contributed by atoms with Crippen molar-refractivity contribution in [2.45, 2.75) is 39.5 Å². The second-order valence-corrected chi connectivity index (χ2v) is 8.09. The molecule has 0 aliphatic heterocycles. The molecule has 1 heterocycles. The predicted octanol–water partition coefficient (Wildman–Crippen LogP) is 3.78. The van der Waals surface area contributed by atoms with Gasteiger partial charge in [0.25, 0.3) is 11.5 Å². The molecule has 0 aliphatic rings. The van der Waals surface area contributed by atoms with Crippen LogP contribution < -0.4 is 10.9 Å². The van der Waals surface area contributed by atoms with Crippen LogP contribution in [0, 0.1) is 5.92 Å². The maximum Gasteiger partial charge on any atom is 0.328 e. The average molecular weight is 433 g/mol. The van der Waals surface area contributed by atoms with Crippen molar-refractivity contribution in [2.75, 3.05) is 0 Å². The minimum Gasteiger partial charge on any atom is -0.459 e. The highest BCUT2D eigenvalue weighted by Crippen LogP contribution is 2.10. The number of hydrogen-bond acceptors (Lipinski definition) is 4. The fraction of sp³-hybridized carbons (Fsp3) is 0.269. The first-order valence-corrected chi connectivity index (χ1v) is 10.7. The van der Waals surface area contributed by atoms with Crippen LogP contribution in [0.25, 0.3) is 0 Å². The first-order valence-electron chi connectivity index (χ1n) is 10.7. The summed E-state index contributed by atoms with van der Waals surface area (Å²) in [6, 6.07) is 21.2. The Labute approximate surface area is 187 Å². The summed E-state index contributed by atoms with van der Waals surface area (Å²) < 4.78 is 6.91.